The van der Waals surface area contributed by atoms with Gasteiger partial charge in [-0.2, -0.15) is 0 Å². The molecule has 1 atom stereocenters. The van der Waals surface area contributed by atoms with Gasteiger partial charge in [-0.1, -0.05) is 17.3 Å². The largest absolute Gasteiger partial charge is 0.359 e. The molecule has 0 amide bonds. The summed E-state index contributed by atoms with van der Waals surface area (Å²) in [5.74, 6) is 0.891. The zero-order chi connectivity index (χ0) is 17.3. The maximum Gasteiger partial charge on any atom is 0.242 e. The van der Waals surface area contributed by atoms with Crippen LogP contribution in [0.15, 0.2) is 39.8 Å². The van der Waals surface area contributed by atoms with E-state index in [9.17, 15) is 8.42 Å². The maximum absolute atomic E-state index is 12.3. The molecule has 130 valence electrons. The van der Waals surface area contributed by atoms with Gasteiger partial charge in [0.05, 0.1) is 16.6 Å². The van der Waals surface area contributed by atoms with Crippen molar-refractivity contribution < 1.29 is 12.9 Å². The molecule has 1 aliphatic heterocycles. The molecule has 0 aliphatic carbocycles. The summed E-state index contributed by atoms with van der Waals surface area (Å²) in [7, 11) is -0.316. The first-order valence-electron chi connectivity index (χ1n) is 8.06. The van der Waals surface area contributed by atoms with E-state index in [1.54, 1.807) is 32.3 Å². The molecule has 0 radical (unpaired) electrons. The van der Waals surface area contributed by atoms with Crippen molar-refractivity contribution in [3.05, 3.63) is 47.3 Å². The Bertz CT molecular complexity index is 814. The Balaban J connectivity index is 1.81. The number of sulfonamides is 1. The van der Waals surface area contributed by atoms with E-state index in [1.165, 1.54) is 4.31 Å². The molecule has 0 saturated carbocycles. The van der Waals surface area contributed by atoms with Crippen LogP contribution in [0.3, 0.4) is 0 Å². The minimum absolute atomic E-state index is 0.209. The molecule has 6 nitrogen and oxygen atoms in total. The SMILES string of the molecule is Cc1cc([C@@H]2CCCN2Cc2cccc(S(=O)(=O)N(C)C)c2)on1. The summed E-state index contributed by atoms with van der Waals surface area (Å²) in [5.41, 5.74) is 1.87. The fourth-order valence-corrected chi connectivity index (χ4v) is 4.10. The summed E-state index contributed by atoms with van der Waals surface area (Å²) in [6, 6.07) is 9.36. The van der Waals surface area contributed by atoms with Crippen molar-refractivity contribution in [3.8, 4) is 0 Å². The highest BCUT2D eigenvalue weighted by molar-refractivity contribution is 7.89. The Morgan fingerprint density at radius 2 is 2.12 bits per heavy atom. The number of benzene rings is 1. The lowest BCUT2D eigenvalue weighted by atomic mass is 10.1. The van der Waals surface area contributed by atoms with Crippen LogP contribution in [-0.4, -0.2) is 43.4 Å². The number of aromatic nitrogens is 1. The van der Waals surface area contributed by atoms with E-state index in [0.29, 0.717) is 11.4 Å². The molecule has 0 bridgehead atoms. The van der Waals surface area contributed by atoms with E-state index in [1.807, 2.05) is 19.1 Å². The van der Waals surface area contributed by atoms with Crippen LogP contribution < -0.4 is 0 Å². The number of aryl methyl sites for hydroxylation is 1. The summed E-state index contributed by atoms with van der Waals surface area (Å²) in [4.78, 5) is 2.65. The second-order valence-corrected chi connectivity index (χ2v) is 8.59. The van der Waals surface area contributed by atoms with E-state index in [0.717, 1.165) is 36.4 Å². The van der Waals surface area contributed by atoms with Gasteiger partial charge in [-0.15, -0.1) is 0 Å². The number of hydrogen-bond donors (Lipinski definition) is 0. The third kappa shape index (κ3) is 3.38. The Kier molecular flexibility index (Phi) is 4.76. The monoisotopic (exact) mass is 349 g/mol. The zero-order valence-electron chi connectivity index (χ0n) is 14.3. The fraction of sp³-hybridized carbons (Fsp3) is 0.471. The molecule has 1 aliphatic rings. The summed E-state index contributed by atoms with van der Waals surface area (Å²) in [6.45, 7) is 3.58. The number of nitrogens with zero attached hydrogens (tertiary/aromatic N) is 3. The molecule has 1 aromatic carbocycles. The summed E-state index contributed by atoms with van der Waals surface area (Å²) in [6.07, 6.45) is 2.13. The first kappa shape index (κ1) is 17.1. The van der Waals surface area contributed by atoms with Gasteiger partial charge in [-0.05, 0) is 44.0 Å². The Labute approximate surface area is 143 Å². The molecule has 7 heteroatoms. The first-order valence-corrected chi connectivity index (χ1v) is 9.50. The van der Waals surface area contributed by atoms with Crippen molar-refractivity contribution >= 4 is 10.0 Å². The number of hydrogen-bond acceptors (Lipinski definition) is 5. The van der Waals surface area contributed by atoms with Crippen LogP contribution in [0.4, 0.5) is 0 Å². The highest BCUT2D eigenvalue weighted by Gasteiger charge is 2.29. The van der Waals surface area contributed by atoms with Gasteiger partial charge >= 0.3 is 0 Å². The molecule has 1 fully saturated rings. The van der Waals surface area contributed by atoms with Crippen molar-refractivity contribution in [2.45, 2.75) is 37.2 Å². The van der Waals surface area contributed by atoms with Crippen LogP contribution in [-0.2, 0) is 16.6 Å². The van der Waals surface area contributed by atoms with Gasteiger partial charge in [0.1, 0.15) is 0 Å². The van der Waals surface area contributed by atoms with Crippen molar-refractivity contribution in [2.24, 2.45) is 0 Å². The topological polar surface area (TPSA) is 66.7 Å². The van der Waals surface area contributed by atoms with E-state index >= 15 is 0 Å². The van der Waals surface area contributed by atoms with Crippen molar-refractivity contribution in [3.63, 3.8) is 0 Å². The molecule has 2 heterocycles. The average molecular weight is 349 g/mol. The van der Waals surface area contributed by atoms with Gasteiger partial charge in [0, 0.05) is 26.7 Å². The molecule has 0 N–H and O–H groups in total. The van der Waals surface area contributed by atoms with Gasteiger partial charge in [0.2, 0.25) is 10.0 Å². The molecule has 1 aromatic heterocycles. The lowest BCUT2D eigenvalue weighted by Crippen LogP contribution is -2.24. The lowest BCUT2D eigenvalue weighted by Gasteiger charge is -2.22. The Hall–Kier alpha value is -1.70. The minimum Gasteiger partial charge on any atom is -0.359 e. The summed E-state index contributed by atoms with van der Waals surface area (Å²) >= 11 is 0. The van der Waals surface area contributed by atoms with Crippen LogP contribution in [0, 0.1) is 6.92 Å². The molecule has 0 unspecified atom stereocenters. The molecule has 2 aromatic rings. The van der Waals surface area contributed by atoms with E-state index in [2.05, 4.69) is 10.1 Å². The quantitative estimate of drug-likeness (QED) is 0.830. The number of rotatable bonds is 5. The fourth-order valence-electron chi connectivity index (χ4n) is 3.13. The van der Waals surface area contributed by atoms with Crippen molar-refractivity contribution in [1.82, 2.24) is 14.4 Å². The van der Waals surface area contributed by atoms with Crippen molar-refractivity contribution in [2.75, 3.05) is 20.6 Å². The second-order valence-electron chi connectivity index (χ2n) is 6.43. The highest BCUT2D eigenvalue weighted by Crippen LogP contribution is 2.33. The lowest BCUT2D eigenvalue weighted by molar-refractivity contribution is 0.206. The van der Waals surface area contributed by atoms with Gasteiger partial charge in [-0.25, -0.2) is 12.7 Å². The normalized spacial score (nSPS) is 19.2. The second kappa shape index (κ2) is 6.66. The molecular formula is C17H23N3O3S. The molecule has 1 saturated heterocycles. The van der Waals surface area contributed by atoms with Crippen LogP contribution in [0.5, 0.6) is 0 Å². The predicted octanol–water partition coefficient (Wildman–Crippen LogP) is 2.57. The van der Waals surface area contributed by atoms with Crippen molar-refractivity contribution in [1.29, 1.82) is 0 Å². The standard InChI is InChI=1S/C17H23N3O3S/c1-13-10-17(23-18-13)16-8-5-9-20(16)12-14-6-4-7-15(11-14)24(21,22)19(2)3/h4,6-7,10-11,16H,5,8-9,12H2,1-3H3/t16-/m0/s1. The molecule has 3 rings (SSSR count). The third-order valence-corrected chi connectivity index (χ3v) is 6.21. The highest BCUT2D eigenvalue weighted by atomic mass is 32.2. The van der Waals surface area contributed by atoms with Crippen LogP contribution >= 0.6 is 0 Å². The predicted molar refractivity (Wildman–Crippen MR) is 90.9 cm³/mol. The average Bonchev–Trinajstić information content (AvgIpc) is 3.16. The maximum atomic E-state index is 12.3. The Morgan fingerprint density at radius 3 is 2.79 bits per heavy atom. The summed E-state index contributed by atoms with van der Waals surface area (Å²) < 4.78 is 31.3. The van der Waals surface area contributed by atoms with Gasteiger partial charge in [0.25, 0.3) is 0 Å². The Morgan fingerprint density at radius 1 is 1.33 bits per heavy atom. The van der Waals surface area contributed by atoms with Gasteiger partial charge in [0.15, 0.2) is 5.76 Å². The molecular weight excluding hydrogens is 326 g/mol. The first-order chi connectivity index (χ1) is 11.4. The smallest absolute Gasteiger partial charge is 0.242 e. The van der Waals surface area contributed by atoms with E-state index in [4.69, 9.17) is 4.52 Å². The van der Waals surface area contributed by atoms with Crippen LogP contribution in [0.25, 0.3) is 0 Å². The van der Waals surface area contributed by atoms with E-state index < -0.39 is 10.0 Å². The van der Waals surface area contributed by atoms with Crippen LogP contribution in [0.1, 0.15) is 35.9 Å². The zero-order valence-corrected chi connectivity index (χ0v) is 15.1. The number of likely N-dealkylation sites (tertiary alicyclic amines) is 1. The van der Waals surface area contributed by atoms with Gasteiger partial charge in [-0.3, -0.25) is 4.90 Å². The molecule has 0 spiro atoms. The van der Waals surface area contributed by atoms with Gasteiger partial charge < -0.3 is 4.52 Å². The van der Waals surface area contributed by atoms with Crippen LogP contribution in [0.2, 0.25) is 0 Å². The minimum atomic E-state index is -3.41. The third-order valence-electron chi connectivity index (χ3n) is 4.40. The van der Waals surface area contributed by atoms with E-state index in [-0.39, 0.29) is 6.04 Å². The summed E-state index contributed by atoms with van der Waals surface area (Å²) in [5, 5.41) is 3.98. The molecule has 24 heavy (non-hydrogen) atoms.